The summed E-state index contributed by atoms with van der Waals surface area (Å²) in [5.74, 6) is 1.07. The maximum atomic E-state index is 13.4. The zero-order chi connectivity index (χ0) is 24.6. The molecule has 33 heavy (non-hydrogen) atoms. The Labute approximate surface area is 196 Å². The highest BCUT2D eigenvalue weighted by Gasteiger charge is 2.62. The summed E-state index contributed by atoms with van der Waals surface area (Å²) in [5.41, 5.74) is -2.38. The number of rotatable bonds is 4. The molecule has 9 atom stereocenters. The van der Waals surface area contributed by atoms with E-state index in [4.69, 9.17) is 0 Å². The summed E-state index contributed by atoms with van der Waals surface area (Å²) in [6, 6.07) is 0. The Morgan fingerprint density at radius 2 is 1.76 bits per heavy atom. The molecule has 2 N–H and O–H groups in total. The van der Waals surface area contributed by atoms with Gasteiger partial charge in [0.1, 0.15) is 0 Å². The third kappa shape index (κ3) is 4.01. The first-order valence-electron chi connectivity index (χ1n) is 12.8. The lowest BCUT2D eigenvalue weighted by atomic mass is 9.46. The minimum absolute atomic E-state index is 0.0176. The molecule has 6 heteroatoms. The molecule has 3 nitrogen and oxygen atoms in total. The molecular weight excluding hydrogens is 429 g/mol. The topological polar surface area (TPSA) is 57.5 Å². The van der Waals surface area contributed by atoms with E-state index < -0.39 is 17.4 Å². The number of allylic oxidation sites excluding steroid dienone is 1. The van der Waals surface area contributed by atoms with Crippen molar-refractivity contribution in [1.82, 2.24) is 0 Å². The maximum Gasteiger partial charge on any atom is 0.416 e. The summed E-state index contributed by atoms with van der Waals surface area (Å²) in [6.45, 7) is 9.32. The third-order valence-corrected chi connectivity index (χ3v) is 10.7. The van der Waals surface area contributed by atoms with Gasteiger partial charge in [0, 0.05) is 5.92 Å². The fourth-order valence-electron chi connectivity index (χ4n) is 8.38. The molecule has 4 aliphatic rings. The number of ketones is 1. The van der Waals surface area contributed by atoms with Crippen molar-refractivity contribution in [1.29, 1.82) is 0 Å². The van der Waals surface area contributed by atoms with Crippen LogP contribution in [-0.2, 0) is 4.79 Å². The van der Waals surface area contributed by atoms with Crippen molar-refractivity contribution >= 4 is 5.78 Å². The second-order valence-electron chi connectivity index (χ2n) is 12.9. The van der Waals surface area contributed by atoms with Gasteiger partial charge in [-0.2, -0.15) is 13.2 Å². The van der Waals surface area contributed by atoms with Crippen molar-refractivity contribution < 1.29 is 28.2 Å². The summed E-state index contributed by atoms with van der Waals surface area (Å²) in [7, 11) is 0. The number of hydrogen-bond acceptors (Lipinski definition) is 3. The van der Waals surface area contributed by atoms with E-state index in [9.17, 15) is 28.2 Å². The van der Waals surface area contributed by atoms with E-state index in [2.05, 4.69) is 13.8 Å². The van der Waals surface area contributed by atoms with Crippen molar-refractivity contribution in [2.24, 2.45) is 40.4 Å². The molecule has 0 aromatic heterocycles. The lowest BCUT2D eigenvalue weighted by Crippen LogP contribution is -2.54. The standard InChI is InChI=1S/C27H41F3O3/c1-16(8-11-26(5,33)27(28,29)30)18-6-7-19-22-20(9-10-25(18,19)4)24(3)13-12-23(2,32)15-17(24)14-21(22)31/h14,16,18-20,22,32-33H,6-13,15H2,1-5H3/t16-,18-,19+,20+,22+,23+,24+,25-,26?/m1/s1. The highest BCUT2D eigenvalue weighted by atomic mass is 19.4. The van der Waals surface area contributed by atoms with Crippen molar-refractivity contribution in [3.63, 3.8) is 0 Å². The highest BCUT2D eigenvalue weighted by Crippen LogP contribution is 2.67. The van der Waals surface area contributed by atoms with Crippen molar-refractivity contribution in [2.75, 3.05) is 0 Å². The van der Waals surface area contributed by atoms with Crippen LogP contribution in [-0.4, -0.2) is 33.4 Å². The van der Waals surface area contributed by atoms with Gasteiger partial charge in [-0.15, -0.1) is 0 Å². The first-order valence-corrected chi connectivity index (χ1v) is 12.8. The zero-order valence-electron chi connectivity index (χ0n) is 20.8. The summed E-state index contributed by atoms with van der Waals surface area (Å²) in [5, 5.41) is 20.5. The normalized spacial score (nSPS) is 46.0. The van der Waals surface area contributed by atoms with Gasteiger partial charge >= 0.3 is 6.18 Å². The third-order valence-electron chi connectivity index (χ3n) is 10.7. The van der Waals surface area contributed by atoms with Crippen molar-refractivity contribution in [3.05, 3.63) is 11.6 Å². The molecule has 4 aliphatic carbocycles. The molecule has 0 aliphatic heterocycles. The quantitative estimate of drug-likeness (QED) is 0.512. The Bertz CT molecular complexity index is 829. The van der Waals surface area contributed by atoms with E-state index >= 15 is 0 Å². The summed E-state index contributed by atoms with van der Waals surface area (Å²) in [6.07, 6.45) is 3.33. The van der Waals surface area contributed by atoms with E-state index in [1.54, 1.807) is 0 Å². The van der Waals surface area contributed by atoms with Gasteiger partial charge in [0.15, 0.2) is 11.4 Å². The molecular formula is C27H41F3O3. The van der Waals surface area contributed by atoms with Crippen LogP contribution < -0.4 is 0 Å². The Balaban J connectivity index is 1.54. The molecule has 0 amide bonds. The monoisotopic (exact) mass is 470 g/mol. The van der Waals surface area contributed by atoms with Gasteiger partial charge in [0.2, 0.25) is 0 Å². The molecule has 188 valence electrons. The van der Waals surface area contributed by atoms with Gasteiger partial charge in [-0.05, 0) is 112 Å². The van der Waals surface area contributed by atoms with Gasteiger partial charge in [0.05, 0.1) is 5.60 Å². The minimum Gasteiger partial charge on any atom is -0.390 e. The summed E-state index contributed by atoms with van der Waals surface area (Å²) in [4.78, 5) is 13.4. The molecule has 0 aromatic rings. The van der Waals surface area contributed by atoms with Crippen LogP contribution in [0.1, 0.15) is 92.4 Å². The van der Waals surface area contributed by atoms with E-state index in [1.165, 1.54) is 0 Å². The van der Waals surface area contributed by atoms with Gasteiger partial charge in [-0.25, -0.2) is 0 Å². The first kappa shape index (κ1) is 25.2. The molecule has 0 saturated heterocycles. The van der Waals surface area contributed by atoms with Crippen LogP contribution in [0.15, 0.2) is 11.6 Å². The maximum absolute atomic E-state index is 13.4. The van der Waals surface area contributed by atoms with Crippen molar-refractivity contribution in [2.45, 2.75) is 110 Å². The van der Waals surface area contributed by atoms with Gasteiger partial charge in [-0.3, -0.25) is 4.79 Å². The number of fused-ring (bicyclic) bond motifs is 5. The summed E-state index contributed by atoms with van der Waals surface area (Å²) < 4.78 is 39.4. The SMILES string of the molecule is C[C@H](CCC(C)(O)C(F)(F)F)[C@H]1CC[C@H]2[C@@H]3C(=O)C=C4C[C@@](C)(O)CC[C@]4(C)[C@H]3CC[C@]12C. The van der Waals surface area contributed by atoms with Crippen LogP contribution in [0.5, 0.6) is 0 Å². The largest absolute Gasteiger partial charge is 0.416 e. The lowest BCUT2D eigenvalue weighted by molar-refractivity contribution is -0.256. The number of hydrogen-bond donors (Lipinski definition) is 2. The molecule has 3 fully saturated rings. The molecule has 0 bridgehead atoms. The fraction of sp³-hybridized carbons (Fsp3) is 0.889. The smallest absolute Gasteiger partial charge is 0.390 e. The summed E-state index contributed by atoms with van der Waals surface area (Å²) >= 11 is 0. The number of carbonyl (C=O) groups excluding carboxylic acids is 1. The van der Waals surface area contributed by atoms with E-state index in [-0.39, 0.29) is 46.7 Å². The second kappa shape index (κ2) is 7.81. The van der Waals surface area contributed by atoms with Crippen LogP contribution in [0.25, 0.3) is 0 Å². The van der Waals surface area contributed by atoms with Crippen LogP contribution in [0.2, 0.25) is 0 Å². The molecule has 0 radical (unpaired) electrons. The predicted octanol–water partition coefficient (Wildman–Crippen LogP) is 6.23. The average Bonchev–Trinajstić information content (AvgIpc) is 3.04. The molecule has 4 rings (SSSR count). The Morgan fingerprint density at radius 1 is 1.09 bits per heavy atom. The second-order valence-corrected chi connectivity index (χ2v) is 12.9. The Morgan fingerprint density at radius 3 is 2.39 bits per heavy atom. The predicted molar refractivity (Wildman–Crippen MR) is 121 cm³/mol. The van der Waals surface area contributed by atoms with Crippen LogP contribution in [0.3, 0.4) is 0 Å². The van der Waals surface area contributed by atoms with Gasteiger partial charge in [-0.1, -0.05) is 26.3 Å². The van der Waals surface area contributed by atoms with Crippen LogP contribution in [0, 0.1) is 40.4 Å². The Kier molecular flexibility index (Phi) is 5.97. The zero-order valence-corrected chi connectivity index (χ0v) is 20.8. The molecule has 0 heterocycles. The van der Waals surface area contributed by atoms with E-state index in [0.717, 1.165) is 51.0 Å². The number of alkyl halides is 3. The molecule has 0 aromatic carbocycles. The van der Waals surface area contributed by atoms with Crippen LogP contribution in [0.4, 0.5) is 13.2 Å². The van der Waals surface area contributed by atoms with Gasteiger partial charge < -0.3 is 10.2 Å². The number of carbonyl (C=O) groups is 1. The number of aliphatic hydroxyl groups is 2. The fourth-order valence-corrected chi connectivity index (χ4v) is 8.38. The Hall–Kier alpha value is -0.880. The minimum atomic E-state index is -4.62. The number of halogens is 3. The van der Waals surface area contributed by atoms with E-state index in [0.29, 0.717) is 18.8 Å². The van der Waals surface area contributed by atoms with Crippen LogP contribution >= 0.6 is 0 Å². The van der Waals surface area contributed by atoms with Gasteiger partial charge in [0.25, 0.3) is 0 Å². The highest BCUT2D eigenvalue weighted by molar-refractivity contribution is 5.94. The lowest BCUT2D eigenvalue weighted by Gasteiger charge is -2.58. The molecule has 0 spiro atoms. The average molecular weight is 471 g/mol. The van der Waals surface area contributed by atoms with Crippen molar-refractivity contribution in [3.8, 4) is 0 Å². The molecule has 1 unspecified atom stereocenters. The van der Waals surface area contributed by atoms with E-state index in [1.807, 2.05) is 19.9 Å². The first-order chi connectivity index (χ1) is 15.0. The molecule has 3 saturated carbocycles.